The summed E-state index contributed by atoms with van der Waals surface area (Å²) in [5.74, 6) is 0.512. The molecule has 2 nitrogen and oxygen atoms in total. The summed E-state index contributed by atoms with van der Waals surface area (Å²) in [6.45, 7) is 10.8. The maximum atomic E-state index is 13.3. The van der Waals surface area contributed by atoms with E-state index < -0.39 is 0 Å². The molecule has 0 heterocycles. The fourth-order valence-corrected chi connectivity index (χ4v) is 1.70. The first-order chi connectivity index (χ1) is 7.83. The van der Waals surface area contributed by atoms with Gasteiger partial charge in [0.05, 0.1) is 0 Å². The molecule has 1 rings (SSSR count). The zero-order valence-corrected chi connectivity index (χ0v) is 11.3. The number of benzene rings is 1. The van der Waals surface area contributed by atoms with Gasteiger partial charge in [-0.3, -0.25) is 0 Å². The van der Waals surface area contributed by atoms with Gasteiger partial charge < -0.3 is 10.1 Å². The van der Waals surface area contributed by atoms with Crippen molar-refractivity contribution in [2.45, 2.75) is 46.3 Å². The van der Waals surface area contributed by atoms with E-state index in [0.29, 0.717) is 0 Å². The standard InChI is InChI=1S/C14H22FNO/c1-6-16-10(2)12-9-11(15)7-8-13(12)17-14(3,4)5/h7-10,16H,6H2,1-5H3. The number of hydrogen-bond donors (Lipinski definition) is 1. The van der Waals surface area contributed by atoms with E-state index in [0.717, 1.165) is 17.9 Å². The first-order valence-electron chi connectivity index (χ1n) is 6.05. The van der Waals surface area contributed by atoms with Gasteiger partial charge in [-0.1, -0.05) is 6.92 Å². The fourth-order valence-electron chi connectivity index (χ4n) is 1.70. The molecule has 0 fully saturated rings. The van der Waals surface area contributed by atoms with Gasteiger partial charge in [-0.15, -0.1) is 0 Å². The van der Waals surface area contributed by atoms with Crippen LogP contribution < -0.4 is 10.1 Å². The Morgan fingerprint density at radius 1 is 1.35 bits per heavy atom. The Hall–Kier alpha value is -1.09. The first-order valence-corrected chi connectivity index (χ1v) is 6.05. The van der Waals surface area contributed by atoms with Gasteiger partial charge in [0.2, 0.25) is 0 Å². The summed E-state index contributed by atoms with van der Waals surface area (Å²) in [5.41, 5.74) is 0.584. The van der Waals surface area contributed by atoms with Crippen molar-refractivity contribution in [3.63, 3.8) is 0 Å². The number of halogens is 1. The van der Waals surface area contributed by atoms with E-state index in [1.807, 2.05) is 34.6 Å². The Labute approximate surface area is 103 Å². The van der Waals surface area contributed by atoms with Crippen LogP contribution in [-0.2, 0) is 0 Å². The summed E-state index contributed by atoms with van der Waals surface area (Å²) in [6.07, 6.45) is 0. The summed E-state index contributed by atoms with van der Waals surface area (Å²) in [7, 11) is 0. The van der Waals surface area contributed by atoms with E-state index >= 15 is 0 Å². The molecule has 3 heteroatoms. The monoisotopic (exact) mass is 239 g/mol. The lowest BCUT2D eigenvalue weighted by Gasteiger charge is -2.25. The second-order valence-corrected chi connectivity index (χ2v) is 5.18. The second kappa shape index (κ2) is 5.50. The number of hydrogen-bond acceptors (Lipinski definition) is 2. The average Bonchev–Trinajstić information content (AvgIpc) is 2.19. The molecule has 0 aliphatic carbocycles. The highest BCUT2D eigenvalue weighted by Crippen LogP contribution is 2.28. The van der Waals surface area contributed by atoms with Gasteiger partial charge in [-0.25, -0.2) is 4.39 Å². The van der Waals surface area contributed by atoms with Gasteiger partial charge >= 0.3 is 0 Å². The topological polar surface area (TPSA) is 21.3 Å². The molecule has 0 aliphatic heterocycles. The maximum absolute atomic E-state index is 13.3. The molecule has 0 saturated carbocycles. The Morgan fingerprint density at radius 3 is 2.53 bits per heavy atom. The highest BCUT2D eigenvalue weighted by molar-refractivity contribution is 5.36. The van der Waals surface area contributed by atoms with Gasteiger partial charge in [-0.05, 0) is 52.4 Å². The van der Waals surface area contributed by atoms with Gasteiger partial charge in [-0.2, -0.15) is 0 Å². The van der Waals surface area contributed by atoms with Crippen LogP contribution in [-0.4, -0.2) is 12.1 Å². The Kier molecular flexibility index (Phi) is 4.52. The van der Waals surface area contributed by atoms with Gasteiger partial charge in [0.15, 0.2) is 0 Å². The quantitative estimate of drug-likeness (QED) is 0.865. The molecule has 0 aliphatic rings. The number of ether oxygens (including phenoxy) is 1. The lowest BCUT2D eigenvalue weighted by Crippen LogP contribution is -2.25. The number of rotatable bonds is 4. The molecule has 0 spiro atoms. The number of nitrogens with one attached hydrogen (secondary N) is 1. The highest BCUT2D eigenvalue weighted by atomic mass is 19.1. The first kappa shape index (κ1) is 14.0. The molecule has 0 bridgehead atoms. The molecule has 1 atom stereocenters. The molecule has 0 amide bonds. The predicted octanol–water partition coefficient (Wildman–Crippen LogP) is 3.67. The maximum Gasteiger partial charge on any atom is 0.125 e. The van der Waals surface area contributed by atoms with Crippen molar-refractivity contribution < 1.29 is 9.13 Å². The Balaban J connectivity index is 3.03. The van der Waals surface area contributed by atoms with E-state index in [9.17, 15) is 4.39 Å². The smallest absolute Gasteiger partial charge is 0.125 e. The third-order valence-corrected chi connectivity index (χ3v) is 2.36. The van der Waals surface area contributed by atoms with Gasteiger partial charge in [0, 0.05) is 11.6 Å². The van der Waals surface area contributed by atoms with E-state index in [4.69, 9.17) is 4.74 Å². The van der Waals surface area contributed by atoms with Crippen molar-refractivity contribution in [2.75, 3.05) is 6.54 Å². The van der Waals surface area contributed by atoms with Crippen LogP contribution in [0.4, 0.5) is 4.39 Å². The largest absolute Gasteiger partial charge is 0.488 e. The highest BCUT2D eigenvalue weighted by Gasteiger charge is 2.17. The second-order valence-electron chi connectivity index (χ2n) is 5.18. The van der Waals surface area contributed by atoms with Gasteiger partial charge in [0.25, 0.3) is 0 Å². The molecule has 0 saturated heterocycles. The zero-order chi connectivity index (χ0) is 13.1. The van der Waals surface area contributed by atoms with Crippen LogP contribution in [0.1, 0.15) is 46.2 Å². The van der Waals surface area contributed by atoms with Crippen molar-refractivity contribution in [1.82, 2.24) is 5.32 Å². The van der Waals surface area contributed by atoms with E-state index in [2.05, 4.69) is 5.32 Å². The van der Waals surface area contributed by atoms with Crippen LogP contribution in [0.5, 0.6) is 5.75 Å². The Morgan fingerprint density at radius 2 is 2.00 bits per heavy atom. The lowest BCUT2D eigenvalue weighted by molar-refractivity contribution is 0.128. The SMILES string of the molecule is CCNC(C)c1cc(F)ccc1OC(C)(C)C. The van der Waals surface area contributed by atoms with Gasteiger partial charge in [0.1, 0.15) is 17.2 Å². The summed E-state index contributed by atoms with van der Waals surface area (Å²) in [4.78, 5) is 0. The Bertz CT molecular complexity index is 371. The van der Waals surface area contributed by atoms with Crippen molar-refractivity contribution in [3.8, 4) is 5.75 Å². The minimum absolute atomic E-state index is 0.0769. The molecular formula is C14H22FNO. The van der Waals surface area contributed by atoms with E-state index in [1.54, 1.807) is 6.07 Å². The predicted molar refractivity (Wildman–Crippen MR) is 68.9 cm³/mol. The summed E-state index contributed by atoms with van der Waals surface area (Å²) in [5, 5.41) is 3.27. The van der Waals surface area contributed by atoms with Crippen LogP contribution in [0.3, 0.4) is 0 Å². The van der Waals surface area contributed by atoms with E-state index in [1.165, 1.54) is 12.1 Å². The molecule has 1 aromatic rings. The summed E-state index contributed by atoms with van der Waals surface area (Å²) in [6, 6.07) is 4.74. The molecule has 17 heavy (non-hydrogen) atoms. The average molecular weight is 239 g/mol. The molecule has 0 radical (unpaired) electrons. The van der Waals surface area contributed by atoms with Crippen LogP contribution in [0.2, 0.25) is 0 Å². The molecule has 0 aromatic heterocycles. The van der Waals surface area contributed by atoms with Crippen molar-refractivity contribution >= 4 is 0 Å². The van der Waals surface area contributed by atoms with Crippen molar-refractivity contribution in [3.05, 3.63) is 29.6 Å². The van der Waals surface area contributed by atoms with Crippen LogP contribution in [0, 0.1) is 5.82 Å². The zero-order valence-electron chi connectivity index (χ0n) is 11.3. The minimum atomic E-state index is -0.279. The third kappa shape index (κ3) is 4.35. The molecule has 1 unspecified atom stereocenters. The van der Waals surface area contributed by atoms with Crippen LogP contribution >= 0.6 is 0 Å². The van der Waals surface area contributed by atoms with Crippen LogP contribution in [0.15, 0.2) is 18.2 Å². The fraction of sp³-hybridized carbons (Fsp3) is 0.571. The normalized spacial score (nSPS) is 13.5. The molecular weight excluding hydrogens is 217 g/mol. The van der Waals surface area contributed by atoms with Crippen LogP contribution in [0.25, 0.3) is 0 Å². The lowest BCUT2D eigenvalue weighted by atomic mass is 10.1. The third-order valence-electron chi connectivity index (χ3n) is 2.36. The summed E-state index contributed by atoms with van der Waals surface area (Å²) >= 11 is 0. The summed E-state index contributed by atoms with van der Waals surface area (Å²) < 4.78 is 19.1. The molecule has 1 N–H and O–H groups in total. The van der Waals surface area contributed by atoms with Crippen molar-refractivity contribution in [1.29, 1.82) is 0 Å². The molecule has 96 valence electrons. The molecule has 1 aromatic carbocycles. The minimum Gasteiger partial charge on any atom is -0.488 e. The van der Waals surface area contributed by atoms with Crippen molar-refractivity contribution in [2.24, 2.45) is 0 Å². The van der Waals surface area contributed by atoms with E-state index in [-0.39, 0.29) is 17.5 Å².